The maximum absolute atomic E-state index is 12.7. The van der Waals surface area contributed by atoms with Crippen LogP contribution in [0.1, 0.15) is 21.7 Å². The molecule has 0 spiro atoms. The molecule has 4 aromatic rings. The number of para-hydroxylation sites is 1. The first-order valence-corrected chi connectivity index (χ1v) is 12.2. The average molecular weight is 477 g/mol. The standard InChI is InChI=1S/C25H24N4O2S2/c1-4-14-29-17(2)15-22(18(29)3)23(30)16-32-25-28-27-24(33-25)26-19-10-12-21(13-11-19)31-20-8-6-5-7-9-20/h4-13,15H,1,14,16H2,2-3H3,(H,26,27). The van der Waals surface area contributed by atoms with Crippen molar-refractivity contribution < 1.29 is 9.53 Å². The van der Waals surface area contributed by atoms with Crippen LogP contribution in [0.3, 0.4) is 0 Å². The topological polar surface area (TPSA) is 69.0 Å². The number of benzene rings is 2. The summed E-state index contributed by atoms with van der Waals surface area (Å²) in [6, 6.07) is 19.2. The van der Waals surface area contributed by atoms with Crippen LogP contribution in [0, 0.1) is 13.8 Å². The highest BCUT2D eigenvalue weighted by Crippen LogP contribution is 2.30. The van der Waals surface area contributed by atoms with Crippen molar-refractivity contribution in [1.82, 2.24) is 14.8 Å². The number of carbonyl (C=O) groups is 1. The number of ether oxygens (including phenoxy) is 1. The van der Waals surface area contributed by atoms with Crippen LogP contribution in [-0.4, -0.2) is 26.3 Å². The highest BCUT2D eigenvalue weighted by molar-refractivity contribution is 8.01. The molecule has 0 saturated carbocycles. The lowest BCUT2D eigenvalue weighted by molar-refractivity contribution is 0.102. The van der Waals surface area contributed by atoms with Gasteiger partial charge in [-0.15, -0.1) is 16.8 Å². The number of nitrogens with zero attached hydrogens (tertiary/aromatic N) is 3. The molecule has 0 radical (unpaired) electrons. The number of allylic oxidation sites excluding steroid dienone is 1. The molecule has 0 unspecified atom stereocenters. The third-order valence-electron chi connectivity index (χ3n) is 5.00. The fourth-order valence-corrected chi connectivity index (χ4v) is 5.03. The lowest BCUT2D eigenvalue weighted by Gasteiger charge is -2.07. The smallest absolute Gasteiger partial charge is 0.210 e. The molecule has 0 aliphatic carbocycles. The summed E-state index contributed by atoms with van der Waals surface area (Å²) in [6.07, 6.45) is 1.84. The van der Waals surface area contributed by atoms with Crippen molar-refractivity contribution in [2.45, 2.75) is 24.7 Å². The molecule has 0 aliphatic rings. The lowest BCUT2D eigenvalue weighted by atomic mass is 10.2. The number of aromatic nitrogens is 3. The molecule has 168 valence electrons. The van der Waals surface area contributed by atoms with E-state index in [1.165, 1.54) is 23.1 Å². The Bertz CT molecular complexity index is 1250. The summed E-state index contributed by atoms with van der Waals surface area (Å²) in [4.78, 5) is 12.7. The van der Waals surface area contributed by atoms with E-state index in [-0.39, 0.29) is 5.78 Å². The summed E-state index contributed by atoms with van der Waals surface area (Å²) < 4.78 is 8.65. The van der Waals surface area contributed by atoms with Gasteiger partial charge in [-0.2, -0.15) is 0 Å². The number of anilines is 2. The van der Waals surface area contributed by atoms with Crippen molar-refractivity contribution in [2.75, 3.05) is 11.1 Å². The Balaban J connectivity index is 1.32. The number of rotatable bonds is 10. The third-order valence-corrected chi connectivity index (χ3v) is 6.98. The van der Waals surface area contributed by atoms with E-state index in [9.17, 15) is 4.79 Å². The van der Waals surface area contributed by atoms with Crippen LogP contribution in [-0.2, 0) is 6.54 Å². The first-order chi connectivity index (χ1) is 16.0. The van der Waals surface area contributed by atoms with Crippen molar-refractivity contribution in [1.29, 1.82) is 0 Å². The number of hydrogen-bond donors (Lipinski definition) is 1. The van der Waals surface area contributed by atoms with Crippen molar-refractivity contribution in [3.8, 4) is 11.5 Å². The second-order valence-electron chi connectivity index (χ2n) is 7.33. The number of hydrogen-bond acceptors (Lipinski definition) is 7. The Morgan fingerprint density at radius 1 is 1.12 bits per heavy atom. The molecule has 0 saturated heterocycles. The minimum atomic E-state index is 0.0853. The van der Waals surface area contributed by atoms with Gasteiger partial charge < -0.3 is 14.6 Å². The molecule has 0 aliphatic heterocycles. The first-order valence-electron chi connectivity index (χ1n) is 10.4. The lowest BCUT2D eigenvalue weighted by Crippen LogP contribution is -2.06. The van der Waals surface area contributed by atoms with Gasteiger partial charge in [-0.3, -0.25) is 4.79 Å². The Kier molecular flexibility index (Phi) is 7.26. The summed E-state index contributed by atoms with van der Waals surface area (Å²) in [7, 11) is 0. The van der Waals surface area contributed by atoms with E-state index in [0.29, 0.717) is 17.4 Å². The van der Waals surface area contributed by atoms with E-state index < -0.39 is 0 Å². The maximum atomic E-state index is 12.7. The molecule has 4 rings (SSSR count). The number of ketones is 1. The second kappa shape index (κ2) is 10.5. The molecule has 2 aromatic heterocycles. The van der Waals surface area contributed by atoms with Crippen LogP contribution in [0.15, 0.2) is 77.7 Å². The SMILES string of the molecule is C=CCn1c(C)cc(C(=O)CSc2nnc(Nc3ccc(Oc4ccccc4)cc3)s2)c1C. The van der Waals surface area contributed by atoms with Crippen LogP contribution in [0.5, 0.6) is 11.5 Å². The summed E-state index contributed by atoms with van der Waals surface area (Å²) in [6.45, 7) is 8.46. The normalized spacial score (nSPS) is 10.7. The molecule has 8 heteroatoms. The van der Waals surface area contributed by atoms with Crippen molar-refractivity contribution in [2.24, 2.45) is 0 Å². The minimum Gasteiger partial charge on any atom is -0.457 e. The molecule has 6 nitrogen and oxygen atoms in total. The number of Topliss-reactive ketones (excluding diaryl/α,β-unsaturated/α-hetero) is 1. The van der Waals surface area contributed by atoms with Gasteiger partial charge in [0.1, 0.15) is 11.5 Å². The summed E-state index contributed by atoms with van der Waals surface area (Å²) in [5, 5.41) is 12.3. The van der Waals surface area contributed by atoms with E-state index >= 15 is 0 Å². The zero-order chi connectivity index (χ0) is 23.2. The molecule has 33 heavy (non-hydrogen) atoms. The maximum Gasteiger partial charge on any atom is 0.210 e. The number of carbonyl (C=O) groups excluding carboxylic acids is 1. The van der Waals surface area contributed by atoms with Gasteiger partial charge in [-0.1, -0.05) is 47.4 Å². The van der Waals surface area contributed by atoms with Gasteiger partial charge in [0, 0.05) is 29.2 Å². The Morgan fingerprint density at radius 2 is 1.85 bits per heavy atom. The summed E-state index contributed by atoms with van der Waals surface area (Å²) in [5.74, 6) is 1.95. The highest BCUT2D eigenvalue weighted by atomic mass is 32.2. The molecule has 0 atom stereocenters. The Hall–Kier alpha value is -3.36. The average Bonchev–Trinajstić information content (AvgIpc) is 3.39. The quantitative estimate of drug-likeness (QED) is 0.157. The molecule has 2 heterocycles. The molecule has 2 aromatic carbocycles. The first kappa shape index (κ1) is 22.8. The van der Waals surface area contributed by atoms with Gasteiger partial charge in [-0.25, -0.2) is 0 Å². The molecule has 1 N–H and O–H groups in total. The van der Waals surface area contributed by atoms with Gasteiger partial charge in [0.2, 0.25) is 5.13 Å². The minimum absolute atomic E-state index is 0.0853. The Labute approximate surface area is 201 Å². The van der Waals surface area contributed by atoms with Crippen molar-refractivity contribution in [3.05, 3.63) is 90.3 Å². The predicted molar refractivity (Wildman–Crippen MR) is 135 cm³/mol. The summed E-state index contributed by atoms with van der Waals surface area (Å²) in [5.41, 5.74) is 3.66. The molecular formula is C25H24N4O2S2. The summed E-state index contributed by atoms with van der Waals surface area (Å²) >= 11 is 2.82. The molecule has 0 fully saturated rings. The van der Waals surface area contributed by atoms with E-state index in [4.69, 9.17) is 4.74 Å². The second-order valence-corrected chi connectivity index (χ2v) is 9.53. The number of thioether (sulfide) groups is 1. The van der Waals surface area contributed by atoms with Crippen LogP contribution in [0.2, 0.25) is 0 Å². The molecule has 0 amide bonds. The van der Waals surface area contributed by atoms with E-state index in [2.05, 4.69) is 26.7 Å². The highest BCUT2D eigenvalue weighted by Gasteiger charge is 2.16. The monoisotopic (exact) mass is 476 g/mol. The fraction of sp³-hybridized carbons (Fsp3) is 0.160. The van der Waals surface area contributed by atoms with E-state index in [0.717, 1.165) is 38.5 Å². The van der Waals surface area contributed by atoms with E-state index in [1.807, 2.05) is 80.6 Å². The predicted octanol–water partition coefficient (Wildman–Crippen LogP) is 6.65. The van der Waals surface area contributed by atoms with Gasteiger partial charge in [0.05, 0.1) is 5.75 Å². The third kappa shape index (κ3) is 5.71. The van der Waals surface area contributed by atoms with Crippen LogP contribution in [0.4, 0.5) is 10.8 Å². The van der Waals surface area contributed by atoms with Crippen LogP contribution in [0.25, 0.3) is 0 Å². The van der Waals surface area contributed by atoms with E-state index in [1.54, 1.807) is 0 Å². The van der Waals surface area contributed by atoms with Crippen molar-refractivity contribution >= 4 is 39.7 Å². The zero-order valence-electron chi connectivity index (χ0n) is 18.4. The largest absolute Gasteiger partial charge is 0.457 e. The van der Waals surface area contributed by atoms with Gasteiger partial charge >= 0.3 is 0 Å². The number of aryl methyl sites for hydroxylation is 1. The van der Waals surface area contributed by atoms with Gasteiger partial charge in [0.25, 0.3) is 0 Å². The Morgan fingerprint density at radius 3 is 2.58 bits per heavy atom. The van der Waals surface area contributed by atoms with Gasteiger partial charge in [-0.05, 0) is 56.3 Å². The number of nitrogens with one attached hydrogen (secondary N) is 1. The van der Waals surface area contributed by atoms with Crippen molar-refractivity contribution in [3.63, 3.8) is 0 Å². The fourth-order valence-electron chi connectivity index (χ4n) is 3.37. The van der Waals surface area contributed by atoms with Crippen LogP contribution < -0.4 is 10.1 Å². The van der Waals surface area contributed by atoms with Gasteiger partial charge in [0.15, 0.2) is 10.1 Å². The molecule has 0 bridgehead atoms. The zero-order valence-corrected chi connectivity index (χ0v) is 20.1. The molecular weight excluding hydrogens is 452 g/mol. The van der Waals surface area contributed by atoms with Crippen LogP contribution >= 0.6 is 23.1 Å².